The molecule has 0 aromatic carbocycles. The van der Waals surface area contributed by atoms with Gasteiger partial charge in [-0.2, -0.15) is 5.10 Å². The predicted octanol–water partition coefficient (Wildman–Crippen LogP) is 0.232. The van der Waals surface area contributed by atoms with Crippen molar-refractivity contribution in [2.24, 2.45) is 5.92 Å². The molecule has 1 amide bonds. The Labute approximate surface area is 183 Å². The average Bonchev–Trinajstić information content (AvgIpc) is 3.03. The van der Waals surface area contributed by atoms with Gasteiger partial charge in [-0.05, 0) is 58.9 Å². The van der Waals surface area contributed by atoms with Gasteiger partial charge in [-0.3, -0.25) is 9.69 Å². The van der Waals surface area contributed by atoms with Crippen LogP contribution in [0.5, 0.6) is 0 Å². The van der Waals surface area contributed by atoms with Crippen molar-refractivity contribution in [1.29, 1.82) is 0 Å². The van der Waals surface area contributed by atoms with E-state index in [9.17, 15) is 4.79 Å². The zero-order chi connectivity index (χ0) is 21.3. The highest BCUT2D eigenvalue weighted by molar-refractivity contribution is 6.21. The highest BCUT2D eigenvalue weighted by atomic mass is 35.5. The Morgan fingerprint density at radius 1 is 1.30 bits per heavy atom. The maximum atomic E-state index is 13.2. The number of rotatable bonds is 5. The SMILES string of the molecule is CN(C)CC1CCN(C2CCNCC2NC(=O)c2c(N)nn3c2NCC(Cl)C3)CC1. The summed E-state index contributed by atoms with van der Waals surface area (Å²) in [7, 11) is 4.29. The van der Waals surface area contributed by atoms with Crippen LogP contribution in [0.1, 0.15) is 29.6 Å². The van der Waals surface area contributed by atoms with Crippen molar-refractivity contribution in [1.82, 2.24) is 30.2 Å². The number of piperidine rings is 2. The molecule has 1 aromatic rings. The highest BCUT2D eigenvalue weighted by Crippen LogP contribution is 2.27. The largest absolute Gasteiger partial charge is 0.381 e. The van der Waals surface area contributed by atoms with Gasteiger partial charge in [0, 0.05) is 25.7 Å². The van der Waals surface area contributed by atoms with E-state index in [-0.39, 0.29) is 23.1 Å². The Morgan fingerprint density at radius 2 is 2.07 bits per heavy atom. The van der Waals surface area contributed by atoms with E-state index in [0.29, 0.717) is 30.5 Å². The second-order valence-electron chi connectivity index (χ2n) is 9.15. The van der Waals surface area contributed by atoms with Crippen LogP contribution in [-0.4, -0.2) is 96.3 Å². The number of hydrogen-bond donors (Lipinski definition) is 4. The number of likely N-dealkylation sites (tertiary alicyclic amines) is 1. The molecule has 2 fully saturated rings. The van der Waals surface area contributed by atoms with Crippen molar-refractivity contribution in [3.05, 3.63) is 5.56 Å². The quantitative estimate of drug-likeness (QED) is 0.488. The number of nitrogen functional groups attached to an aromatic ring is 1. The molecule has 0 aliphatic carbocycles. The lowest BCUT2D eigenvalue weighted by Crippen LogP contribution is -2.61. The van der Waals surface area contributed by atoms with E-state index in [1.807, 2.05) is 0 Å². The summed E-state index contributed by atoms with van der Waals surface area (Å²) in [4.78, 5) is 18.0. The zero-order valence-electron chi connectivity index (χ0n) is 18.0. The van der Waals surface area contributed by atoms with Crippen LogP contribution in [0.2, 0.25) is 0 Å². The predicted molar refractivity (Wildman–Crippen MR) is 120 cm³/mol. The molecule has 2 saturated heterocycles. The van der Waals surface area contributed by atoms with E-state index < -0.39 is 0 Å². The zero-order valence-corrected chi connectivity index (χ0v) is 18.8. The van der Waals surface area contributed by atoms with Crippen LogP contribution in [0.25, 0.3) is 0 Å². The van der Waals surface area contributed by atoms with Gasteiger partial charge in [-0.25, -0.2) is 4.68 Å². The summed E-state index contributed by atoms with van der Waals surface area (Å²) in [6.45, 7) is 6.26. The molecule has 1 aromatic heterocycles. The molecule has 30 heavy (non-hydrogen) atoms. The summed E-state index contributed by atoms with van der Waals surface area (Å²) < 4.78 is 1.71. The lowest BCUT2D eigenvalue weighted by molar-refractivity contribution is 0.0710. The van der Waals surface area contributed by atoms with Crippen molar-refractivity contribution < 1.29 is 4.79 Å². The molecule has 168 valence electrons. The van der Waals surface area contributed by atoms with E-state index in [2.05, 4.69) is 44.9 Å². The lowest BCUT2D eigenvalue weighted by Gasteiger charge is -2.44. The number of nitrogens with zero attached hydrogens (tertiary/aromatic N) is 4. The molecule has 9 nitrogen and oxygen atoms in total. The van der Waals surface area contributed by atoms with Crippen molar-refractivity contribution in [2.75, 3.05) is 64.4 Å². The summed E-state index contributed by atoms with van der Waals surface area (Å²) in [6, 6.07) is 0.402. The summed E-state index contributed by atoms with van der Waals surface area (Å²) in [6.07, 6.45) is 3.48. The Bertz CT molecular complexity index is 745. The van der Waals surface area contributed by atoms with Gasteiger partial charge >= 0.3 is 0 Å². The number of fused-ring (bicyclic) bond motifs is 1. The molecular weight excluding hydrogens is 404 g/mol. The Balaban J connectivity index is 1.41. The van der Waals surface area contributed by atoms with Gasteiger partial charge in [0.15, 0.2) is 5.82 Å². The second-order valence-corrected chi connectivity index (χ2v) is 9.77. The van der Waals surface area contributed by atoms with Gasteiger partial charge < -0.3 is 26.6 Å². The van der Waals surface area contributed by atoms with Crippen LogP contribution >= 0.6 is 11.6 Å². The van der Waals surface area contributed by atoms with Crippen LogP contribution in [0.3, 0.4) is 0 Å². The molecule has 4 heterocycles. The van der Waals surface area contributed by atoms with Crippen molar-refractivity contribution in [2.45, 2.75) is 43.3 Å². The summed E-state index contributed by atoms with van der Waals surface area (Å²) in [5.41, 5.74) is 6.54. The fourth-order valence-corrected chi connectivity index (χ4v) is 5.34. The van der Waals surface area contributed by atoms with Crippen molar-refractivity contribution >= 4 is 29.1 Å². The van der Waals surface area contributed by atoms with Gasteiger partial charge in [0.2, 0.25) is 0 Å². The topological polar surface area (TPSA) is 103 Å². The third kappa shape index (κ3) is 4.69. The molecule has 0 spiro atoms. The summed E-state index contributed by atoms with van der Waals surface area (Å²) in [5.74, 6) is 1.54. The molecule has 0 saturated carbocycles. The molecule has 3 unspecified atom stereocenters. The highest BCUT2D eigenvalue weighted by Gasteiger charge is 2.35. The second kappa shape index (κ2) is 9.30. The molecule has 3 atom stereocenters. The molecule has 4 rings (SSSR count). The molecule has 0 radical (unpaired) electrons. The van der Waals surface area contributed by atoms with Crippen LogP contribution in [0.4, 0.5) is 11.6 Å². The van der Waals surface area contributed by atoms with Gasteiger partial charge in [-0.1, -0.05) is 0 Å². The molecule has 0 bridgehead atoms. The minimum absolute atomic E-state index is 0.0518. The first-order valence-corrected chi connectivity index (χ1v) is 11.5. The van der Waals surface area contributed by atoms with Crippen LogP contribution in [-0.2, 0) is 6.54 Å². The van der Waals surface area contributed by atoms with Gasteiger partial charge in [0.25, 0.3) is 5.91 Å². The first-order chi connectivity index (χ1) is 14.4. The number of anilines is 2. The lowest BCUT2D eigenvalue weighted by atomic mass is 9.91. The number of aromatic nitrogens is 2. The number of carbonyl (C=O) groups excluding carboxylic acids is 1. The Kier molecular flexibility index (Phi) is 6.72. The van der Waals surface area contributed by atoms with E-state index in [4.69, 9.17) is 17.3 Å². The fraction of sp³-hybridized carbons (Fsp3) is 0.800. The molecule has 10 heteroatoms. The smallest absolute Gasteiger partial charge is 0.259 e. The minimum Gasteiger partial charge on any atom is -0.381 e. The third-order valence-electron chi connectivity index (χ3n) is 6.57. The number of nitrogens with one attached hydrogen (secondary N) is 3. The molecular formula is C20H35ClN8O. The van der Waals surface area contributed by atoms with Crippen LogP contribution in [0.15, 0.2) is 0 Å². The van der Waals surface area contributed by atoms with Gasteiger partial charge in [-0.15, -0.1) is 11.6 Å². The standard InChI is InChI=1S/C20H35ClN8O/c1-27(2)11-13-4-7-28(8-5-13)16-3-6-23-10-15(16)25-20(30)17-18(22)26-29-12-14(21)9-24-19(17)29/h13-16,23-24H,3-12H2,1-2H3,(H2,22,26)(H,25,30). The first kappa shape index (κ1) is 21.7. The molecule has 5 N–H and O–H groups in total. The average molecular weight is 439 g/mol. The van der Waals surface area contributed by atoms with Gasteiger partial charge in [0.1, 0.15) is 11.4 Å². The van der Waals surface area contributed by atoms with E-state index >= 15 is 0 Å². The minimum atomic E-state index is -0.157. The summed E-state index contributed by atoms with van der Waals surface area (Å²) in [5, 5.41) is 14.2. The number of amides is 1. The van der Waals surface area contributed by atoms with E-state index in [1.54, 1.807) is 4.68 Å². The number of carbonyl (C=O) groups is 1. The third-order valence-corrected chi connectivity index (χ3v) is 6.86. The van der Waals surface area contributed by atoms with Crippen LogP contribution in [0, 0.1) is 5.92 Å². The molecule has 3 aliphatic rings. The van der Waals surface area contributed by atoms with E-state index in [1.165, 1.54) is 12.8 Å². The van der Waals surface area contributed by atoms with E-state index in [0.717, 1.165) is 45.1 Å². The fourth-order valence-electron chi connectivity index (χ4n) is 5.13. The van der Waals surface area contributed by atoms with Crippen molar-refractivity contribution in [3.63, 3.8) is 0 Å². The van der Waals surface area contributed by atoms with Crippen molar-refractivity contribution in [3.8, 4) is 0 Å². The molecule has 3 aliphatic heterocycles. The number of alkyl halides is 1. The first-order valence-electron chi connectivity index (χ1n) is 11.1. The van der Waals surface area contributed by atoms with Gasteiger partial charge in [0.05, 0.1) is 18.0 Å². The number of nitrogens with two attached hydrogens (primary N) is 1. The summed E-state index contributed by atoms with van der Waals surface area (Å²) >= 11 is 6.20. The maximum absolute atomic E-state index is 13.2. The monoisotopic (exact) mass is 438 g/mol. The number of halogens is 1. The number of hydrogen-bond acceptors (Lipinski definition) is 7. The Morgan fingerprint density at radius 3 is 2.80 bits per heavy atom. The van der Waals surface area contributed by atoms with Crippen LogP contribution < -0.4 is 21.7 Å². The Hall–Kier alpha value is -1.55. The maximum Gasteiger partial charge on any atom is 0.259 e. The normalized spacial score (nSPS) is 28.2.